The number of alkyl halides is 3. The first-order valence-corrected chi connectivity index (χ1v) is 9.79. The Balaban J connectivity index is 2.12. The third kappa shape index (κ3) is 5.17. The summed E-state index contributed by atoms with van der Waals surface area (Å²) in [7, 11) is -0.368. The summed E-state index contributed by atoms with van der Waals surface area (Å²) in [5, 5.41) is 2.98. The molecule has 24 heavy (non-hydrogen) atoms. The number of likely N-dealkylation sites (N-methyl/N-ethyl adjacent to an activating group) is 1. The van der Waals surface area contributed by atoms with E-state index in [1.54, 1.807) is 25.4 Å². The van der Waals surface area contributed by atoms with Crippen molar-refractivity contribution < 1.29 is 21.6 Å². The lowest BCUT2D eigenvalue weighted by molar-refractivity contribution is -0.129. The second-order valence-corrected chi connectivity index (χ2v) is 8.54. The molecular formula is C15H19F3N2O2S2. The van der Waals surface area contributed by atoms with E-state index in [0.717, 1.165) is 15.6 Å². The molecule has 1 aromatic heterocycles. The van der Waals surface area contributed by atoms with Gasteiger partial charge in [0, 0.05) is 17.3 Å². The first-order chi connectivity index (χ1) is 11.1. The fourth-order valence-electron chi connectivity index (χ4n) is 2.36. The molecule has 0 radical (unpaired) electrons. The highest BCUT2D eigenvalue weighted by molar-refractivity contribution is 7.89. The number of sulfonamides is 1. The Morgan fingerprint density at radius 2 is 1.92 bits per heavy atom. The number of halogens is 3. The highest BCUT2D eigenvalue weighted by Gasteiger charge is 2.30. The van der Waals surface area contributed by atoms with Gasteiger partial charge in [0.25, 0.3) is 0 Å². The minimum Gasteiger partial charge on any atom is -0.301 e. The van der Waals surface area contributed by atoms with Crippen molar-refractivity contribution in [3.63, 3.8) is 0 Å². The topological polar surface area (TPSA) is 49.4 Å². The third-order valence-corrected chi connectivity index (χ3v) is 5.97. The largest absolute Gasteiger partial charge is 0.390 e. The van der Waals surface area contributed by atoms with Crippen LogP contribution in [0.3, 0.4) is 0 Å². The van der Waals surface area contributed by atoms with Crippen LogP contribution in [0.15, 0.2) is 29.6 Å². The number of nitrogens with one attached hydrogen (secondary N) is 1. The predicted octanol–water partition coefficient (Wildman–Crippen LogP) is 3.38. The Morgan fingerprint density at radius 3 is 2.54 bits per heavy atom. The zero-order valence-corrected chi connectivity index (χ0v) is 14.9. The molecule has 0 aliphatic carbocycles. The number of rotatable bonds is 7. The standard InChI is InChI=1S/C15H19F3N2O2S2/c1-20(2)13(9-19-24(21,22)8-7-15(16,17)18)12-10-23-14-6-4-3-5-11(12)14/h3-6,10,13,19H,7-9H2,1-2H3/t13-/m1/s1. The van der Waals surface area contributed by atoms with E-state index in [9.17, 15) is 21.6 Å². The summed E-state index contributed by atoms with van der Waals surface area (Å²) in [5.74, 6) is -0.957. The van der Waals surface area contributed by atoms with Crippen LogP contribution in [0.1, 0.15) is 18.0 Å². The molecule has 0 saturated carbocycles. The van der Waals surface area contributed by atoms with E-state index in [2.05, 4.69) is 4.72 Å². The second kappa shape index (κ2) is 7.38. The van der Waals surface area contributed by atoms with Crippen molar-refractivity contribution in [1.82, 2.24) is 9.62 Å². The van der Waals surface area contributed by atoms with Gasteiger partial charge in [-0.15, -0.1) is 11.3 Å². The van der Waals surface area contributed by atoms with E-state index < -0.39 is 28.4 Å². The Bertz CT molecular complexity index is 785. The normalized spacial score (nSPS) is 14.4. The molecule has 0 aliphatic heterocycles. The van der Waals surface area contributed by atoms with Gasteiger partial charge in [-0.2, -0.15) is 13.2 Å². The molecule has 9 heteroatoms. The molecule has 1 heterocycles. The van der Waals surface area contributed by atoms with E-state index in [1.807, 2.05) is 34.5 Å². The van der Waals surface area contributed by atoms with Crippen molar-refractivity contribution in [2.24, 2.45) is 0 Å². The van der Waals surface area contributed by atoms with E-state index in [1.165, 1.54) is 0 Å². The molecule has 0 unspecified atom stereocenters. The maximum absolute atomic E-state index is 12.2. The highest BCUT2D eigenvalue weighted by atomic mass is 32.2. The van der Waals surface area contributed by atoms with Crippen LogP contribution >= 0.6 is 11.3 Å². The molecule has 2 aromatic rings. The predicted molar refractivity (Wildman–Crippen MR) is 90.7 cm³/mol. The van der Waals surface area contributed by atoms with Crippen LogP contribution in [0.4, 0.5) is 13.2 Å². The molecule has 2 rings (SSSR count). The summed E-state index contributed by atoms with van der Waals surface area (Å²) in [5.41, 5.74) is 0.958. The van der Waals surface area contributed by atoms with Gasteiger partial charge in [-0.1, -0.05) is 18.2 Å². The zero-order valence-electron chi connectivity index (χ0n) is 13.3. The van der Waals surface area contributed by atoms with Gasteiger partial charge in [-0.3, -0.25) is 0 Å². The van der Waals surface area contributed by atoms with Gasteiger partial charge in [0.1, 0.15) is 0 Å². The summed E-state index contributed by atoms with van der Waals surface area (Å²) in [6.07, 6.45) is -5.84. The lowest BCUT2D eigenvalue weighted by atomic mass is 10.1. The summed E-state index contributed by atoms with van der Waals surface area (Å²) in [6, 6.07) is 7.49. The molecule has 0 aliphatic rings. The van der Waals surface area contributed by atoms with Gasteiger partial charge in [0.05, 0.1) is 12.2 Å². The SMILES string of the molecule is CN(C)[C@H](CNS(=O)(=O)CCC(F)(F)F)c1csc2ccccc12. The van der Waals surface area contributed by atoms with Gasteiger partial charge in [0.2, 0.25) is 10.0 Å². The monoisotopic (exact) mass is 380 g/mol. The Labute approximate surface area is 143 Å². The molecule has 1 N–H and O–H groups in total. The van der Waals surface area contributed by atoms with Crippen molar-refractivity contribution in [2.75, 3.05) is 26.4 Å². The van der Waals surface area contributed by atoms with Crippen LogP contribution in [-0.2, 0) is 10.0 Å². The number of benzene rings is 1. The van der Waals surface area contributed by atoms with Crippen LogP contribution < -0.4 is 4.72 Å². The Morgan fingerprint density at radius 1 is 1.25 bits per heavy atom. The van der Waals surface area contributed by atoms with Gasteiger partial charge in [-0.05, 0) is 36.5 Å². The average Bonchev–Trinajstić information content (AvgIpc) is 2.89. The van der Waals surface area contributed by atoms with Crippen molar-refractivity contribution in [3.05, 3.63) is 35.2 Å². The molecule has 0 fully saturated rings. The van der Waals surface area contributed by atoms with Crippen molar-refractivity contribution in [2.45, 2.75) is 18.6 Å². The molecule has 0 spiro atoms. The van der Waals surface area contributed by atoms with Crippen molar-refractivity contribution in [3.8, 4) is 0 Å². The van der Waals surface area contributed by atoms with Gasteiger partial charge in [0.15, 0.2) is 0 Å². The molecular weight excluding hydrogens is 361 g/mol. The number of hydrogen-bond donors (Lipinski definition) is 1. The van der Waals surface area contributed by atoms with E-state index in [4.69, 9.17) is 0 Å². The maximum Gasteiger partial charge on any atom is 0.390 e. The summed E-state index contributed by atoms with van der Waals surface area (Å²) >= 11 is 1.55. The van der Waals surface area contributed by atoms with Gasteiger partial charge < -0.3 is 4.90 Å². The van der Waals surface area contributed by atoms with E-state index in [-0.39, 0.29) is 12.6 Å². The highest BCUT2D eigenvalue weighted by Crippen LogP contribution is 2.32. The molecule has 0 bridgehead atoms. The third-order valence-electron chi connectivity index (χ3n) is 3.64. The van der Waals surface area contributed by atoms with Crippen LogP contribution in [0.5, 0.6) is 0 Å². The quantitative estimate of drug-likeness (QED) is 0.801. The maximum atomic E-state index is 12.2. The number of nitrogens with zero attached hydrogens (tertiary/aromatic N) is 1. The second-order valence-electron chi connectivity index (χ2n) is 5.70. The minimum absolute atomic E-state index is 0.0217. The van der Waals surface area contributed by atoms with Crippen LogP contribution in [-0.4, -0.2) is 45.9 Å². The molecule has 0 saturated heterocycles. The fourth-order valence-corrected chi connectivity index (χ4v) is 4.42. The molecule has 4 nitrogen and oxygen atoms in total. The molecule has 0 amide bonds. The lowest BCUT2D eigenvalue weighted by Crippen LogP contribution is -2.36. The van der Waals surface area contributed by atoms with Crippen LogP contribution in [0, 0.1) is 0 Å². The van der Waals surface area contributed by atoms with Crippen LogP contribution in [0.25, 0.3) is 10.1 Å². The zero-order chi connectivity index (χ0) is 18.0. The number of fused-ring (bicyclic) bond motifs is 1. The fraction of sp³-hybridized carbons (Fsp3) is 0.467. The lowest BCUT2D eigenvalue weighted by Gasteiger charge is -2.24. The molecule has 134 valence electrons. The van der Waals surface area contributed by atoms with Gasteiger partial charge >= 0.3 is 6.18 Å². The van der Waals surface area contributed by atoms with Gasteiger partial charge in [-0.25, -0.2) is 13.1 Å². The van der Waals surface area contributed by atoms with Crippen molar-refractivity contribution in [1.29, 1.82) is 0 Å². The first-order valence-electron chi connectivity index (χ1n) is 7.26. The number of hydrogen-bond acceptors (Lipinski definition) is 4. The molecule has 1 atom stereocenters. The van der Waals surface area contributed by atoms with Crippen LogP contribution in [0.2, 0.25) is 0 Å². The average molecular weight is 380 g/mol. The van der Waals surface area contributed by atoms with Crippen molar-refractivity contribution >= 4 is 31.4 Å². The Kier molecular flexibility index (Phi) is 5.90. The smallest absolute Gasteiger partial charge is 0.301 e. The summed E-state index contributed by atoms with van der Waals surface area (Å²) in [6.45, 7) is 0.0217. The summed E-state index contributed by atoms with van der Waals surface area (Å²) in [4.78, 5) is 1.85. The van der Waals surface area contributed by atoms with E-state index in [0.29, 0.717) is 0 Å². The molecule has 1 aromatic carbocycles. The Hall–Kier alpha value is -1.16. The minimum atomic E-state index is -4.49. The van der Waals surface area contributed by atoms with E-state index >= 15 is 0 Å². The summed E-state index contributed by atoms with van der Waals surface area (Å²) < 4.78 is 63.6. The first kappa shape index (κ1) is 19.2. The number of thiophene rings is 1.